The first-order valence-corrected chi connectivity index (χ1v) is 21.8. The minimum atomic E-state index is 0.823. The van der Waals surface area contributed by atoms with Gasteiger partial charge in [-0.2, -0.15) is 0 Å². The van der Waals surface area contributed by atoms with E-state index in [1.165, 1.54) is 22.3 Å². The number of hydrogen-bond acceptors (Lipinski definition) is 4. The van der Waals surface area contributed by atoms with Crippen LogP contribution < -0.4 is 0 Å². The third-order valence-electron chi connectivity index (χ3n) is 11.7. The van der Waals surface area contributed by atoms with E-state index in [1.807, 2.05) is 12.1 Å². The Bertz CT molecular complexity index is 3090. The maximum Gasteiger partial charge on any atom is 0.0973 e. The number of nitrogens with zero attached hydrogens (tertiary/aromatic N) is 4. The van der Waals surface area contributed by atoms with Gasteiger partial charge in [0.2, 0.25) is 0 Å². The van der Waals surface area contributed by atoms with E-state index in [1.54, 1.807) is 0 Å². The average molecular weight is 823 g/mol. The fourth-order valence-corrected chi connectivity index (χ4v) is 8.53. The van der Waals surface area contributed by atoms with Gasteiger partial charge in [0.15, 0.2) is 0 Å². The molecule has 10 aromatic rings. The van der Waals surface area contributed by atoms with Gasteiger partial charge in [0.25, 0.3) is 0 Å². The standard InChI is InChI=1S/C60H46N4/c1-39-17-11-27-47(33-39)55-57(49-29-13-19-41(3)35-49)63-59(53(61-55)43-21-7-5-8-22-43)51-31-15-25-45(37-51)46-26-16-32-52(38-46)60-54(44-23-9-6-10-24-44)62-56(48-28-12-18-40(2)34-48)58(64-60)50-30-14-20-42(4)36-50/h5-38H,1-4H3. The summed E-state index contributed by atoms with van der Waals surface area (Å²) in [6, 6.07) is 72.3. The van der Waals surface area contributed by atoms with Crippen LogP contribution in [0.25, 0.3) is 101 Å². The number of aryl methyl sites for hydroxylation is 4. The van der Waals surface area contributed by atoms with Crippen LogP contribution in [0.4, 0.5) is 0 Å². The van der Waals surface area contributed by atoms with Crippen molar-refractivity contribution in [2.75, 3.05) is 0 Å². The minimum absolute atomic E-state index is 0.823. The van der Waals surface area contributed by atoms with Crippen LogP contribution in [0.5, 0.6) is 0 Å². The first-order chi connectivity index (χ1) is 31.3. The Morgan fingerprint density at radius 2 is 0.391 bits per heavy atom. The topological polar surface area (TPSA) is 51.6 Å². The quantitative estimate of drug-likeness (QED) is 0.145. The lowest BCUT2D eigenvalue weighted by Gasteiger charge is -2.18. The van der Waals surface area contributed by atoms with Gasteiger partial charge in [0.1, 0.15) is 0 Å². The van der Waals surface area contributed by atoms with Crippen molar-refractivity contribution in [2.24, 2.45) is 0 Å². The summed E-state index contributed by atoms with van der Waals surface area (Å²) in [5, 5.41) is 0. The predicted molar refractivity (Wildman–Crippen MR) is 265 cm³/mol. The summed E-state index contributed by atoms with van der Waals surface area (Å²) >= 11 is 0. The SMILES string of the molecule is Cc1cccc(-c2nc(-c3ccccc3)c(-c3cccc(-c4cccc(-c5nc(-c6cccc(C)c6)c(-c6cccc(C)c6)nc5-c5ccccc5)c4)c3)nc2-c2cccc(C)c2)c1. The van der Waals surface area contributed by atoms with Crippen LogP contribution in [-0.4, -0.2) is 19.9 Å². The maximum atomic E-state index is 5.58. The molecule has 10 rings (SSSR count). The Balaban J connectivity index is 1.15. The van der Waals surface area contributed by atoms with Gasteiger partial charge in [0.05, 0.1) is 45.6 Å². The lowest BCUT2D eigenvalue weighted by Crippen LogP contribution is -2.01. The average Bonchev–Trinajstić information content (AvgIpc) is 3.34. The van der Waals surface area contributed by atoms with Gasteiger partial charge in [-0.25, -0.2) is 19.9 Å². The third kappa shape index (κ3) is 8.17. The molecule has 0 saturated heterocycles. The van der Waals surface area contributed by atoms with Crippen molar-refractivity contribution in [3.05, 3.63) is 229 Å². The van der Waals surface area contributed by atoms with Gasteiger partial charge < -0.3 is 0 Å². The van der Waals surface area contributed by atoms with Crippen molar-refractivity contribution in [3.63, 3.8) is 0 Å². The summed E-state index contributed by atoms with van der Waals surface area (Å²) in [7, 11) is 0. The second-order valence-corrected chi connectivity index (χ2v) is 16.6. The molecule has 4 nitrogen and oxygen atoms in total. The van der Waals surface area contributed by atoms with Crippen LogP contribution >= 0.6 is 0 Å². The van der Waals surface area contributed by atoms with E-state index in [9.17, 15) is 0 Å². The largest absolute Gasteiger partial charge is 0.243 e. The van der Waals surface area contributed by atoms with Crippen LogP contribution in [0, 0.1) is 27.7 Å². The molecule has 0 fully saturated rings. The molecular weight excluding hydrogens is 777 g/mol. The minimum Gasteiger partial charge on any atom is -0.243 e. The van der Waals surface area contributed by atoms with Crippen molar-refractivity contribution in [1.82, 2.24) is 19.9 Å². The van der Waals surface area contributed by atoms with Crippen molar-refractivity contribution in [2.45, 2.75) is 27.7 Å². The molecule has 0 saturated carbocycles. The third-order valence-corrected chi connectivity index (χ3v) is 11.7. The number of aromatic nitrogens is 4. The molecule has 2 aromatic heterocycles. The fourth-order valence-electron chi connectivity index (χ4n) is 8.53. The summed E-state index contributed by atoms with van der Waals surface area (Å²) in [6.45, 7) is 8.48. The highest BCUT2D eigenvalue weighted by Gasteiger charge is 2.22. The van der Waals surface area contributed by atoms with E-state index in [0.29, 0.717) is 0 Å². The number of benzene rings is 8. The molecular formula is C60H46N4. The van der Waals surface area contributed by atoms with Crippen LogP contribution in [0.3, 0.4) is 0 Å². The van der Waals surface area contributed by atoms with Crippen LogP contribution in [0.1, 0.15) is 22.3 Å². The monoisotopic (exact) mass is 822 g/mol. The van der Waals surface area contributed by atoms with E-state index >= 15 is 0 Å². The molecule has 0 unspecified atom stereocenters. The lowest BCUT2D eigenvalue weighted by molar-refractivity contribution is 1.21. The summed E-state index contributed by atoms with van der Waals surface area (Å²) in [6.07, 6.45) is 0. The first-order valence-electron chi connectivity index (χ1n) is 21.8. The van der Waals surface area contributed by atoms with Crippen molar-refractivity contribution < 1.29 is 0 Å². The maximum absolute atomic E-state index is 5.58. The molecule has 0 aliphatic rings. The second-order valence-electron chi connectivity index (χ2n) is 16.6. The Morgan fingerprint density at radius 3 is 0.656 bits per heavy atom. The molecule has 0 atom stereocenters. The first kappa shape index (κ1) is 40.0. The summed E-state index contributed by atoms with van der Waals surface area (Å²) in [5.74, 6) is 0. The van der Waals surface area contributed by atoms with Crippen LogP contribution in [0.2, 0.25) is 0 Å². The summed E-state index contributed by atoms with van der Waals surface area (Å²) < 4.78 is 0. The normalized spacial score (nSPS) is 11.1. The molecule has 2 heterocycles. The molecule has 0 aliphatic heterocycles. The lowest BCUT2D eigenvalue weighted by atomic mass is 9.94. The highest BCUT2D eigenvalue weighted by molar-refractivity contribution is 5.90. The van der Waals surface area contributed by atoms with Crippen molar-refractivity contribution in [3.8, 4) is 101 Å². The van der Waals surface area contributed by atoms with E-state index in [4.69, 9.17) is 19.9 Å². The molecule has 306 valence electrons. The highest BCUT2D eigenvalue weighted by atomic mass is 14.9. The zero-order valence-electron chi connectivity index (χ0n) is 36.4. The van der Waals surface area contributed by atoms with Crippen molar-refractivity contribution >= 4 is 0 Å². The smallest absolute Gasteiger partial charge is 0.0973 e. The molecule has 0 bridgehead atoms. The zero-order valence-corrected chi connectivity index (χ0v) is 36.4. The Labute approximate surface area is 375 Å². The Kier molecular flexibility index (Phi) is 10.9. The van der Waals surface area contributed by atoms with E-state index in [0.717, 1.165) is 101 Å². The molecule has 0 radical (unpaired) electrons. The van der Waals surface area contributed by atoms with Crippen LogP contribution in [0.15, 0.2) is 206 Å². The van der Waals surface area contributed by atoms with Gasteiger partial charge in [-0.1, -0.05) is 192 Å². The van der Waals surface area contributed by atoms with E-state index in [2.05, 4.69) is 222 Å². The van der Waals surface area contributed by atoms with Gasteiger partial charge in [-0.05, 0) is 75.2 Å². The van der Waals surface area contributed by atoms with Crippen molar-refractivity contribution in [1.29, 1.82) is 0 Å². The highest BCUT2D eigenvalue weighted by Crippen LogP contribution is 2.41. The van der Waals surface area contributed by atoms with Crippen LogP contribution in [-0.2, 0) is 0 Å². The van der Waals surface area contributed by atoms with Gasteiger partial charge in [0, 0.05) is 44.5 Å². The molecule has 8 aromatic carbocycles. The van der Waals surface area contributed by atoms with Gasteiger partial charge >= 0.3 is 0 Å². The molecule has 4 heteroatoms. The Hall–Kier alpha value is -8.08. The molecule has 0 aliphatic carbocycles. The molecule has 0 spiro atoms. The molecule has 0 amide bonds. The van der Waals surface area contributed by atoms with E-state index < -0.39 is 0 Å². The second kappa shape index (κ2) is 17.4. The molecule has 0 N–H and O–H groups in total. The zero-order chi connectivity index (χ0) is 43.6. The number of rotatable bonds is 9. The van der Waals surface area contributed by atoms with E-state index in [-0.39, 0.29) is 0 Å². The summed E-state index contributed by atoms with van der Waals surface area (Å²) in [4.78, 5) is 22.2. The predicted octanol–water partition coefficient (Wildman–Crippen LogP) is 15.5. The summed E-state index contributed by atoms with van der Waals surface area (Å²) in [5.41, 5.74) is 21.6. The van der Waals surface area contributed by atoms with Gasteiger partial charge in [-0.3, -0.25) is 0 Å². The Morgan fingerprint density at radius 1 is 0.188 bits per heavy atom. The fraction of sp³-hybridized carbons (Fsp3) is 0.0667. The number of hydrogen-bond donors (Lipinski definition) is 0. The molecule has 64 heavy (non-hydrogen) atoms. The van der Waals surface area contributed by atoms with Gasteiger partial charge in [-0.15, -0.1) is 0 Å².